The Labute approximate surface area is 213 Å². The minimum Gasteiger partial charge on any atom is -0.506 e. The van der Waals surface area contributed by atoms with Crippen LogP contribution in [0.15, 0.2) is 48.7 Å². The summed E-state index contributed by atoms with van der Waals surface area (Å²) in [4.78, 5) is 7.56. The minimum absolute atomic E-state index is 0.0525. The number of halogens is 2. The first-order valence-corrected chi connectivity index (χ1v) is 13.9. The summed E-state index contributed by atoms with van der Waals surface area (Å²) in [6.07, 6.45) is 2.65. The van der Waals surface area contributed by atoms with Crippen molar-refractivity contribution in [2.24, 2.45) is 0 Å². The lowest BCUT2D eigenvalue weighted by Crippen LogP contribution is -2.57. The van der Waals surface area contributed by atoms with E-state index in [1.807, 2.05) is 12.1 Å². The lowest BCUT2D eigenvalue weighted by Gasteiger charge is -2.47. The van der Waals surface area contributed by atoms with Crippen LogP contribution < -0.4 is 4.31 Å². The summed E-state index contributed by atoms with van der Waals surface area (Å²) in [5.74, 6) is -0.364. The molecule has 2 fully saturated rings. The van der Waals surface area contributed by atoms with E-state index in [9.17, 15) is 17.9 Å². The normalized spacial score (nSPS) is 24.9. The smallest absolute Gasteiger partial charge is 0.304 e. The van der Waals surface area contributed by atoms with Gasteiger partial charge in [-0.15, -0.1) is 11.3 Å². The number of anilines is 1. The van der Waals surface area contributed by atoms with Crippen LogP contribution >= 0.6 is 22.9 Å². The third-order valence-electron chi connectivity index (χ3n) is 6.92. The number of nitrogens with zero attached hydrogens (tertiary/aromatic N) is 4. The summed E-state index contributed by atoms with van der Waals surface area (Å²) >= 11 is 7.47. The maximum absolute atomic E-state index is 14.0. The zero-order valence-corrected chi connectivity index (χ0v) is 21.7. The number of rotatable bonds is 4. The van der Waals surface area contributed by atoms with Gasteiger partial charge < -0.3 is 5.11 Å². The molecule has 0 amide bonds. The molecule has 1 aromatic carbocycles. The van der Waals surface area contributed by atoms with Crippen LogP contribution in [0.5, 0.6) is 5.75 Å². The fourth-order valence-electron chi connectivity index (χ4n) is 5.31. The number of pyridine rings is 1. The molecule has 35 heavy (non-hydrogen) atoms. The first-order valence-electron chi connectivity index (χ1n) is 11.3. The van der Waals surface area contributed by atoms with Gasteiger partial charge in [0.05, 0.1) is 27.5 Å². The van der Waals surface area contributed by atoms with Crippen molar-refractivity contribution < 1.29 is 17.9 Å². The van der Waals surface area contributed by atoms with Gasteiger partial charge in [0, 0.05) is 43.2 Å². The molecule has 3 aromatic rings. The second kappa shape index (κ2) is 9.01. The molecule has 186 valence electrons. The molecule has 0 unspecified atom stereocenters. The lowest BCUT2D eigenvalue weighted by molar-refractivity contribution is 0.0992. The van der Waals surface area contributed by atoms with E-state index >= 15 is 0 Å². The van der Waals surface area contributed by atoms with Crippen LogP contribution in [0, 0.1) is 5.82 Å². The number of thiophene rings is 1. The van der Waals surface area contributed by atoms with E-state index in [2.05, 4.69) is 16.8 Å². The second-order valence-corrected chi connectivity index (χ2v) is 12.9. The van der Waals surface area contributed by atoms with Gasteiger partial charge in [0.2, 0.25) is 0 Å². The molecule has 2 aliphatic heterocycles. The highest BCUT2D eigenvalue weighted by Gasteiger charge is 2.55. The van der Waals surface area contributed by atoms with E-state index < -0.39 is 21.6 Å². The minimum atomic E-state index is -3.75. The van der Waals surface area contributed by atoms with Gasteiger partial charge in [-0.25, -0.2) is 4.39 Å². The van der Waals surface area contributed by atoms with Crippen LogP contribution in [0.25, 0.3) is 10.4 Å². The van der Waals surface area contributed by atoms with Crippen molar-refractivity contribution in [3.05, 3.63) is 64.5 Å². The molecule has 1 N–H and O–H groups in total. The van der Waals surface area contributed by atoms with E-state index in [1.165, 1.54) is 38.3 Å². The van der Waals surface area contributed by atoms with Crippen molar-refractivity contribution >= 4 is 38.8 Å². The van der Waals surface area contributed by atoms with Gasteiger partial charge in [-0.2, -0.15) is 12.7 Å². The summed E-state index contributed by atoms with van der Waals surface area (Å²) in [7, 11) is -2.18. The molecule has 7 nitrogen and oxygen atoms in total. The zero-order chi connectivity index (χ0) is 25.0. The van der Waals surface area contributed by atoms with Crippen molar-refractivity contribution in [2.75, 3.05) is 24.4 Å². The third kappa shape index (κ3) is 4.42. The largest absolute Gasteiger partial charge is 0.506 e. The summed E-state index contributed by atoms with van der Waals surface area (Å²) in [5, 5.41) is 10.3. The topological polar surface area (TPSA) is 77.0 Å². The van der Waals surface area contributed by atoms with Gasteiger partial charge >= 0.3 is 10.2 Å². The SMILES string of the molecule is C[C@H]1C[C@]2(CCN1Cc1cc(-c3ccc(Cl)s3)c(O)cn1)CN(C)S(=O)(=O)N2c1cccc(F)c1. The Morgan fingerprint density at radius 1 is 1.29 bits per heavy atom. The molecule has 4 heterocycles. The summed E-state index contributed by atoms with van der Waals surface area (Å²) in [5.41, 5.74) is 1.20. The Morgan fingerprint density at radius 3 is 2.77 bits per heavy atom. The van der Waals surface area contributed by atoms with Crippen LogP contribution in [-0.4, -0.2) is 59.4 Å². The van der Waals surface area contributed by atoms with E-state index in [4.69, 9.17) is 11.6 Å². The number of aromatic nitrogens is 1. The number of hydrogen-bond acceptors (Lipinski definition) is 6. The molecule has 0 saturated carbocycles. The van der Waals surface area contributed by atoms with Gasteiger partial charge in [0.15, 0.2) is 0 Å². The van der Waals surface area contributed by atoms with Crippen LogP contribution in [0.2, 0.25) is 4.34 Å². The van der Waals surface area contributed by atoms with Crippen molar-refractivity contribution in [1.29, 1.82) is 0 Å². The van der Waals surface area contributed by atoms with Gasteiger partial charge in [-0.3, -0.25) is 14.2 Å². The highest BCUT2D eigenvalue weighted by molar-refractivity contribution is 7.90. The fourth-order valence-corrected chi connectivity index (χ4v) is 8.16. The van der Waals surface area contributed by atoms with E-state index in [1.54, 1.807) is 25.2 Å². The Kier molecular flexibility index (Phi) is 6.29. The van der Waals surface area contributed by atoms with Crippen LogP contribution in [-0.2, 0) is 16.8 Å². The van der Waals surface area contributed by atoms with E-state index in [0.717, 1.165) is 10.6 Å². The molecule has 2 aromatic heterocycles. The maximum Gasteiger partial charge on any atom is 0.304 e. The number of benzene rings is 1. The van der Waals surface area contributed by atoms with E-state index in [-0.39, 0.29) is 11.8 Å². The summed E-state index contributed by atoms with van der Waals surface area (Å²) in [6.45, 7) is 3.64. The lowest BCUT2D eigenvalue weighted by atomic mass is 9.83. The summed E-state index contributed by atoms with van der Waals surface area (Å²) < 4.78 is 43.9. The predicted molar refractivity (Wildman–Crippen MR) is 136 cm³/mol. The molecule has 5 rings (SSSR count). The molecule has 2 aliphatic rings. The van der Waals surface area contributed by atoms with Gasteiger partial charge in [-0.1, -0.05) is 17.7 Å². The molecular weight excluding hydrogens is 511 g/mol. The van der Waals surface area contributed by atoms with Crippen LogP contribution in [0.1, 0.15) is 25.5 Å². The quantitative estimate of drug-likeness (QED) is 0.522. The number of likely N-dealkylation sites (tertiary alicyclic amines) is 1. The Morgan fingerprint density at radius 2 is 2.09 bits per heavy atom. The highest BCUT2D eigenvalue weighted by atomic mass is 35.5. The standard InChI is InChI=1S/C24H26ClFN4O3S2/c1-16-12-24(15-28(2)35(32,33)30(24)19-5-3-4-17(26)10-19)8-9-29(16)14-18-11-20(21(31)13-27-18)22-6-7-23(25)34-22/h3-7,10-11,13,16,31H,8-9,12,14-15H2,1-2H3/t16-,24+/m0/s1. The van der Waals surface area contributed by atoms with Crippen molar-refractivity contribution in [3.63, 3.8) is 0 Å². The number of likely N-dealkylation sites (N-methyl/N-ethyl adjacent to an activating group) is 1. The van der Waals surface area contributed by atoms with Gasteiger partial charge in [-0.05, 0) is 56.2 Å². The summed E-state index contributed by atoms with van der Waals surface area (Å²) in [6, 6.07) is 11.4. The molecule has 11 heteroatoms. The van der Waals surface area contributed by atoms with E-state index in [0.29, 0.717) is 48.1 Å². The molecule has 2 atom stereocenters. The van der Waals surface area contributed by atoms with Crippen molar-refractivity contribution in [2.45, 2.75) is 37.9 Å². The monoisotopic (exact) mass is 536 g/mol. The average Bonchev–Trinajstić information content (AvgIpc) is 3.30. The van der Waals surface area contributed by atoms with Crippen molar-refractivity contribution in [1.82, 2.24) is 14.2 Å². The Hall–Kier alpha value is -2.24. The second-order valence-electron chi connectivity index (χ2n) is 9.30. The third-order valence-corrected chi connectivity index (χ3v) is 10.2. The van der Waals surface area contributed by atoms with Gasteiger partial charge in [0.1, 0.15) is 11.6 Å². The molecule has 0 radical (unpaired) electrons. The van der Waals surface area contributed by atoms with Crippen LogP contribution in [0.3, 0.4) is 0 Å². The fraction of sp³-hybridized carbons (Fsp3) is 0.375. The molecule has 1 spiro atoms. The molecular formula is C24H26ClFN4O3S2. The molecule has 0 aliphatic carbocycles. The first kappa shape index (κ1) is 24.5. The molecule has 2 saturated heterocycles. The van der Waals surface area contributed by atoms with Crippen molar-refractivity contribution in [3.8, 4) is 16.2 Å². The first-order chi connectivity index (χ1) is 16.6. The number of hydrogen-bond donors (Lipinski definition) is 1. The predicted octanol–water partition coefficient (Wildman–Crippen LogP) is 4.73. The Balaban J connectivity index is 1.39. The maximum atomic E-state index is 14.0. The highest BCUT2D eigenvalue weighted by Crippen LogP contribution is 2.44. The van der Waals surface area contributed by atoms with Crippen LogP contribution in [0.4, 0.5) is 10.1 Å². The Bertz CT molecular complexity index is 1370. The van der Waals surface area contributed by atoms with Gasteiger partial charge in [0.25, 0.3) is 0 Å². The number of aromatic hydroxyl groups is 1. The average molecular weight is 537 g/mol. The molecule has 0 bridgehead atoms. The zero-order valence-electron chi connectivity index (χ0n) is 19.4. The number of piperidine rings is 1.